The van der Waals surface area contributed by atoms with E-state index in [2.05, 4.69) is 42.8 Å². The van der Waals surface area contributed by atoms with Crippen molar-refractivity contribution in [3.8, 4) is 11.4 Å². The van der Waals surface area contributed by atoms with E-state index >= 15 is 0 Å². The van der Waals surface area contributed by atoms with E-state index in [-0.39, 0.29) is 0 Å². The molecule has 1 aliphatic rings. The van der Waals surface area contributed by atoms with Gasteiger partial charge in [0, 0.05) is 24.3 Å². The predicted molar refractivity (Wildman–Crippen MR) is 99.4 cm³/mol. The van der Waals surface area contributed by atoms with Crippen LogP contribution in [0.3, 0.4) is 0 Å². The first kappa shape index (κ1) is 15.2. The van der Waals surface area contributed by atoms with Gasteiger partial charge in [-0.3, -0.25) is 0 Å². The van der Waals surface area contributed by atoms with Gasteiger partial charge in [-0.25, -0.2) is 9.97 Å². The number of aryl methyl sites for hydroxylation is 2. The zero-order chi connectivity index (χ0) is 16.7. The zero-order valence-corrected chi connectivity index (χ0v) is 14.6. The molecular formula is C20H24N4. The van der Waals surface area contributed by atoms with Crippen molar-refractivity contribution in [1.29, 1.82) is 0 Å². The second kappa shape index (κ2) is 5.93. The summed E-state index contributed by atoms with van der Waals surface area (Å²) in [5, 5.41) is 1.18. The monoisotopic (exact) mass is 320 g/mol. The number of benzene rings is 1. The lowest BCUT2D eigenvalue weighted by molar-refractivity contribution is 0.445. The Morgan fingerprint density at radius 2 is 1.92 bits per heavy atom. The van der Waals surface area contributed by atoms with Gasteiger partial charge in [-0.15, -0.1) is 0 Å². The molecule has 1 saturated heterocycles. The standard InChI is InChI=1S/C20H24N4/c1-13-8-7-11-24(12-13)20-17-14(2)15(3)21-19(17)22-18(23-20)16-9-5-4-6-10-16/h4-6,9-10,13H,7-8,11-12H2,1-3H3,(H,21,22,23). The van der Waals surface area contributed by atoms with Crippen LogP contribution >= 0.6 is 0 Å². The highest BCUT2D eigenvalue weighted by Gasteiger charge is 2.23. The van der Waals surface area contributed by atoms with Gasteiger partial charge in [-0.2, -0.15) is 0 Å². The highest BCUT2D eigenvalue weighted by Crippen LogP contribution is 2.33. The van der Waals surface area contributed by atoms with Crippen LogP contribution < -0.4 is 4.90 Å². The van der Waals surface area contributed by atoms with Crippen molar-refractivity contribution in [2.45, 2.75) is 33.6 Å². The fourth-order valence-electron chi connectivity index (χ4n) is 3.67. The molecule has 3 aromatic rings. The Hall–Kier alpha value is -2.36. The summed E-state index contributed by atoms with van der Waals surface area (Å²) >= 11 is 0. The third-order valence-corrected chi connectivity index (χ3v) is 5.12. The summed E-state index contributed by atoms with van der Waals surface area (Å²) < 4.78 is 0. The number of piperidine rings is 1. The molecule has 1 N–H and O–H groups in total. The molecule has 0 aliphatic carbocycles. The van der Waals surface area contributed by atoms with Crippen molar-refractivity contribution >= 4 is 16.9 Å². The van der Waals surface area contributed by atoms with Crippen molar-refractivity contribution in [2.24, 2.45) is 5.92 Å². The Bertz CT molecular complexity index is 866. The molecule has 4 nitrogen and oxygen atoms in total. The first-order valence-corrected chi connectivity index (χ1v) is 8.81. The van der Waals surface area contributed by atoms with Crippen molar-refractivity contribution < 1.29 is 0 Å². The van der Waals surface area contributed by atoms with E-state index in [1.165, 1.54) is 29.5 Å². The van der Waals surface area contributed by atoms with Crippen LogP contribution in [0.5, 0.6) is 0 Å². The molecule has 0 bridgehead atoms. The maximum Gasteiger partial charge on any atom is 0.163 e. The van der Waals surface area contributed by atoms with E-state index in [4.69, 9.17) is 9.97 Å². The number of hydrogen-bond acceptors (Lipinski definition) is 3. The number of nitrogens with one attached hydrogen (secondary N) is 1. The normalized spacial score (nSPS) is 18.3. The predicted octanol–water partition coefficient (Wildman–Crippen LogP) is 4.48. The lowest BCUT2D eigenvalue weighted by atomic mass is 10.00. The molecule has 1 unspecified atom stereocenters. The fourth-order valence-corrected chi connectivity index (χ4v) is 3.67. The van der Waals surface area contributed by atoms with Gasteiger partial charge in [0.2, 0.25) is 0 Å². The summed E-state index contributed by atoms with van der Waals surface area (Å²) in [4.78, 5) is 15.7. The Labute approximate surface area is 142 Å². The van der Waals surface area contributed by atoms with Crippen LogP contribution in [-0.2, 0) is 0 Å². The maximum atomic E-state index is 5.00. The summed E-state index contributed by atoms with van der Waals surface area (Å²) in [6, 6.07) is 10.3. The van der Waals surface area contributed by atoms with Crippen LogP contribution in [0.25, 0.3) is 22.4 Å². The topological polar surface area (TPSA) is 44.8 Å². The van der Waals surface area contributed by atoms with Gasteiger partial charge in [-0.1, -0.05) is 37.3 Å². The smallest absolute Gasteiger partial charge is 0.163 e. The van der Waals surface area contributed by atoms with E-state index in [9.17, 15) is 0 Å². The van der Waals surface area contributed by atoms with Gasteiger partial charge in [0.15, 0.2) is 5.82 Å². The van der Waals surface area contributed by atoms with Crippen LogP contribution in [0.15, 0.2) is 30.3 Å². The molecule has 124 valence electrons. The average Bonchev–Trinajstić information content (AvgIpc) is 2.89. The van der Waals surface area contributed by atoms with Gasteiger partial charge in [0.1, 0.15) is 11.5 Å². The van der Waals surface area contributed by atoms with E-state index in [0.717, 1.165) is 35.9 Å². The SMILES string of the molecule is Cc1[nH]c2nc(-c3ccccc3)nc(N3CCCC(C)C3)c2c1C. The number of rotatable bonds is 2. The van der Waals surface area contributed by atoms with Crippen LogP contribution in [0, 0.1) is 19.8 Å². The molecule has 0 radical (unpaired) electrons. The Morgan fingerprint density at radius 1 is 1.12 bits per heavy atom. The number of H-pyrrole nitrogens is 1. The highest BCUT2D eigenvalue weighted by atomic mass is 15.2. The highest BCUT2D eigenvalue weighted by molar-refractivity contribution is 5.93. The molecule has 4 rings (SSSR count). The third-order valence-electron chi connectivity index (χ3n) is 5.12. The molecule has 4 heteroatoms. The lowest BCUT2D eigenvalue weighted by Crippen LogP contribution is -2.35. The van der Waals surface area contributed by atoms with Gasteiger partial charge >= 0.3 is 0 Å². The molecule has 1 aliphatic heterocycles. The summed E-state index contributed by atoms with van der Waals surface area (Å²) in [6.07, 6.45) is 2.54. The number of hydrogen-bond donors (Lipinski definition) is 1. The van der Waals surface area contributed by atoms with E-state index in [1.54, 1.807) is 0 Å². The molecular weight excluding hydrogens is 296 g/mol. The molecule has 0 spiro atoms. The summed E-state index contributed by atoms with van der Waals surface area (Å²) in [5.74, 6) is 2.61. The van der Waals surface area contributed by atoms with Crippen molar-refractivity contribution in [2.75, 3.05) is 18.0 Å². The number of aromatic amines is 1. The molecule has 2 aromatic heterocycles. The number of fused-ring (bicyclic) bond motifs is 1. The maximum absolute atomic E-state index is 5.00. The average molecular weight is 320 g/mol. The molecule has 24 heavy (non-hydrogen) atoms. The van der Waals surface area contributed by atoms with Crippen molar-refractivity contribution in [3.05, 3.63) is 41.6 Å². The van der Waals surface area contributed by atoms with Crippen molar-refractivity contribution in [1.82, 2.24) is 15.0 Å². The summed E-state index contributed by atoms with van der Waals surface area (Å²) in [6.45, 7) is 8.76. The molecule has 1 atom stereocenters. The molecule has 1 fully saturated rings. The fraction of sp³-hybridized carbons (Fsp3) is 0.400. The van der Waals surface area contributed by atoms with Crippen LogP contribution in [0.1, 0.15) is 31.0 Å². The van der Waals surface area contributed by atoms with Crippen LogP contribution in [0.4, 0.5) is 5.82 Å². The quantitative estimate of drug-likeness (QED) is 0.757. The molecule has 0 amide bonds. The van der Waals surface area contributed by atoms with Gasteiger partial charge in [0.25, 0.3) is 0 Å². The Balaban J connectivity index is 1.92. The Morgan fingerprint density at radius 3 is 2.67 bits per heavy atom. The van der Waals surface area contributed by atoms with Gasteiger partial charge < -0.3 is 9.88 Å². The third kappa shape index (κ3) is 2.56. The van der Waals surface area contributed by atoms with Crippen molar-refractivity contribution in [3.63, 3.8) is 0 Å². The second-order valence-corrected chi connectivity index (χ2v) is 7.03. The largest absolute Gasteiger partial charge is 0.356 e. The van der Waals surface area contributed by atoms with E-state index in [0.29, 0.717) is 5.92 Å². The van der Waals surface area contributed by atoms with Crippen LogP contribution in [0.2, 0.25) is 0 Å². The number of anilines is 1. The number of nitrogens with zero attached hydrogens (tertiary/aromatic N) is 3. The zero-order valence-electron chi connectivity index (χ0n) is 14.6. The molecule has 3 heterocycles. The molecule has 1 aromatic carbocycles. The number of aromatic nitrogens is 3. The van der Waals surface area contributed by atoms with Gasteiger partial charge in [-0.05, 0) is 38.2 Å². The van der Waals surface area contributed by atoms with E-state index in [1.807, 2.05) is 18.2 Å². The summed E-state index contributed by atoms with van der Waals surface area (Å²) in [5.41, 5.74) is 4.45. The minimum Gasteiger partial charge on any atom is -0.356 e. The lowest BCUT2D eigenvalue weighted by Gasteiger charge is -2.32. The van der Waals surface area contributed by atoms with Gasteiger partial charge in [0.05, 0.1) is 5.39 Å². The Kier molecular flexibility index (Phi) is 3.75. The minimum absolute atomic E-state index is 0.712. The summed E-state index contributed by atoms with van der Waals surface area (Å²) in [7, 11) is 0. The minimum atomic E-state index is 0.712. The molecule has 0 saturated carbocycles. The first-order valence-electron chi connectivity index (χ1n) is 8.81. The second-order valence-electron chi connectivity index (χ2n) is 7.03. The van der Waals surface area contributed by atoms with Crippen LogP contribution in [-0.4, -0.2) is 28.0 Å². The first-order chi connectivity index (χ1) is 11.6. The van der Waals surface area contributed by atoms with E-state index < -0.39 is 0 Å².